The van der Waals surface area contributed by atoms with Crippen LogP contribution in [-0.2, 0) is 10.0 Å². The molecule has 4 nitrogen and oxygen atoms in total. The fourth-order valence-corrected chi connectivity index (χ4v) is 2.53. The van der Waals surface area contributed by atoms with Crippen molar-refractivity contribution in [2.75, 3.05) is 7.11 Å². The Morgan fingerprint density at radius 1 is 1.67 bits per heavy atom. The van der Waals surface area contributed by atoms with E-state index < -0.39 is 10.0 Å². The minimum absolute atomic E-state index is 0.0394. The Hall–Kier alpha value is -0.525. The zero-order chi connectivity index (χ0) is 9.35. The highest BCUT2D eigenvalue weighted by molar-refractivity contribution is 7.91. The Morgan fingerprint density at radius 2 is 2.25 bits per heavy atom. The van der Waals surface area contributed by atoms with Crippen LogP contribution in [0.5, 0.6) is 5.75 Å². The average Bonchev–Trinajstić information content (AvgIpc) is 2.29. The number of ether oxygens (including phenoxy) is 1. The largest absolute Gasteiger partial charge is 0.495 e. The fraction of sp³-hybridized carbons (Fsp3) is 0.200. The second-order valence-corrected chi connectivity index (χ2v) is 4.69. The Bertz CT molecular complexity index is 383. The van der Waals surface area contributed by atoms with Gasteiger partial charge in [-0.3, -0.25) is 0 Å². The molecule has 1 rings (SSSR count). The lowest BCUT2D eigenvalue weighted by molar-refractivity contribution is 0.410. The van der Waals surface area contributed by atoms with Gasteiger partial charge in [0.15, 0.2) is 4.21 Å². The number of sulfonamides is 1. The molecule has 7 heteroatoms. The molecule has 0 amide bonds. The molecule has 0 spiro atoms. The summed E-state index contributed by atoms with van der Waals surface area (Å²) in [5.74, 6) is 0.127. The Morgan fingerprint density at radius 3 is 2.58 bits per heavy atom. The highest BCUT2D eigenvalue weighted by Crippen LogP contribution is 2.25. The normalized spacial score (nSPS) is 11.5. The molecule has 2 radical (unpaired) electrons. The van der Waals surface area contributed by atoms with Crippen molar-refractivity contribution in [3.05, 3.63) is 5.38 Å². The van der Waals surface area contributed by atoms with Crippen LogP contribution in [0.1, 0.15) is 0 Å². The van der Waals surface area contributed by atoms with Crippen molar-refractivity contribution < 1.29 is 13.2 Å². The molecule has 0 atom stereocenters. The molecule has 0 aliphatic heterocycles. The quantitative estimate of drug-likeness (QED) is 0.639. The lowest BCUT2D eigenvalue weighted by Crippen LogP contribution is -2.13. The monoisotopic (exact) mass is 203 g/mol. The Balaban J connectivity index is 3.36. The van der Waals surface area contributed by atoms with Gasteiger partial charge in [-0.05, 0) is 10.8 Å². The maximum atomic E-state index is 10.9. The summed E-state index contributed by atoms with van der Waals surface area (Å²) in [4.78, 5) is 0. The van der Waals surface area contributed by atoms with Gasteiger partial charge in [0, 0.05) is 0 Å². The smallest absolute Gasteiger partial charge is 0.251 e. The van der Waals surface area contributed by atoms with Crippen LogP contribution >= 0.6 is 11.3 Å². The molecule has 12 heavy (non-hydrogen) atoms. The van der Waals surface area contributed by atoms with E-state index in [4.69, 9.17) is 17.7 Å². The topological polar surface area (TPSA) is 69.4 Å². The van der Waals surface area contributed by atoms with Gasteiger partial charge in [-0.2, -0.15) is 0 Å². The standard InChI is InChI=1S/C5H6BNO3S2/c1-10-4-3(6)2-11-5(4)12(7,8)9/h2H,1H3,(H2,7,8,9). The van der Waals surface area contributed by atoms with Gasteiger partial charge in [0.1, 0.15) is 13.6 Å². The maximum Gasteiger partial charge on any atom is 0.251 e. The van der Waals surface area contributed by atoms with Gasteiger partial charge < -0.3 is 4.74 Å². The number of hydrogen-bond donors (Lipinski definition) is 1. The van der Waals surface area contributed by atoms with Crippen LogP contribution in [0, 0.1) is 0 Å². The Kier molecular flexibility index (Phi) is 2.45. The van der Waals surface area contributed by atoms with E-state index in [0.717, 1.165) is 11.3 Å². The molecule has 1 aromatic rings. The van der Waals surface area contributed by atoms with Crippen molar-refractivity contribution in [3.63, 3.8) is 0 Å². The SMILES string of the molecule is [B]c1csc(S(N)(=O)=O)c1OC. The number of hydrogen-bond acceptors (Lipinski definition) is 4. The molecule has 0 saturated carbocycles. The summed E-state index contributed by atoms with van der Waals surface area (Å²) in [6.45, 7) is 0. The number of rotatable bonds is 2. The van der Waals surface area contributed by atoms with E-state index in [2.05, 4.69) is 0 Å². The molecule has 0 bridgehead atoms. The van der Waals surface area contributed by atoms with Gasteiger partial charge in [-0.25, -0.2) is 13.6 Å². The van der Waals surface area contributed by atoms with Crippen LogP contribution in [-0.4, -0.2) is 23.4 Å². The van der Waals surface area contributed by atoms with Crippen LogP contribution in [0.4, 0.5) is 0 Å². The molecular weight excluding hydrogens is 197 g/mol. The average molecular weight is 203 g/mol. The third kappa shape index (κ3) is 1.62. The van der Waals surface area contributed by atoms with Crippen LogP contribution in [0.2, 0.25) is 0 Å². The lowest BCUT2D eigenvalue weighted by atomic mass is 10.0. The predicted molar refractivity (Wildman–Crippen MR) is 47.6 cm³/mol. The molecule has 1 aromatic heterocycles. The van der Waals surface area contributed by atoms with Gasteiger partial charge in [0.05, 0.1) is 7.11 Å². The number of methoxy groups -OCH3 is 1. The van der Waals surface area contributed by atoms with Crippen LogP contribution < -0.4 is 15.3 Å². The zero-order valence-electron chi connectivity index (χ0n) is 6.27. The first-order valence-corrected chi connectivity index (χ1v) is 5.33. The molecule has 0 fully saturated rings. The fourth-order valence-electron chi connectivity index (χ4n) is 0.739. The Labute approximate surface area is 75.8 Å². The van der Waals surface area contributed by atoms with Crippen LogP contribution in [0.25, 0.3) is 0 Å². The van der Waals surface area contributed by atoms with Crippen LogP contribution in [0.15, 0.2) is 9.59 Å². The summed E-state index contributed by atoms with van der Waals surface area (Å²) in [7, 11) is 3.04. The lowest BCUT2D eigenvalue weighted by Gasteiger charge is -2.00. The van der Waals surface area contributed by atoms with Crippen molar-refractivity contribution in [1.29, 1.82) is 0 Å². The molecule has 0 unspecified atom stereocenters. The summed E-state index contributed by atoms with van der Waals surface area (Å²) in [5.41, 5.74) is 0.284. The molecule has 1 heterocycles. The minimum atomic E-state index is -3.71. The zero-order valence-corrected chi connectivity index (χ0v) is 7.91. The van der Waals surface area contributed by atoms with Crippen molar-refractivity contribution in [2.45, 2.75) is 4.21 Å². The number of primary sulfonamides is 1. The second-order valence-electron chi connectivity index (χ2n) is 2.06. The van der Waals surface area contributed by atoms with E-state index in [-0.39, 0.29) is 15.4 Å². The summed E-state index contributed by atoms with van der Waals surface area (Å²) in [6, 6.07) is 0. The number of thiophene rings is 1. The molecule has 0 aliphatic carbocycles. The van der Waals surface area contributed by atoms with Gasteiger partial charge >= 0.3 is 0 Å². The molecule has 2 N–H and O–H groups in total. The van der Waals surface area contributed by atoms with Crippen LogP contribution in [0.3, 0.4) is 0 Å². The summed E-state index contributed by atoms with van der Waals surface area (Å²) in [6.07, 6.45) is 0. The summed E-state index contributed by atoms with van der Waals surface area (Å²) < 4.78 is 26.5. The highest BCUT2D eigenvalue weighted by Gasteiger charge is 2.18. The van der Waals surface area contributed by atoms with E-state index >= 15 is 0 Å². The molecule has 0 aliphatic rings. The van der Waals surface area contributed by atoms with E-state index in [1.54, 1.807) is 0 Å². The first kappa shape index (κ1) is 9.56. The first-order valence-electron chi connectivity index (χ1n) is 2.90. The van der Waals surface area contributed by atoms with Gasteiger partial charge in [-0.1, -0.05) is 0 Å². The minimum Gasteiger partial charge on any atom is -0.495 e. The first-order chi connectivity index (χ1) is 5.46. The number of nitrogens with two attached hydrogens (primary N) is 1. The van der Waals surface area contributed by atoms with Crippen molar-refractivity contribution in [1.82, 2.24) is 0 Å². The second kappa shape index (κ2) is 3.08. The predicted octanol–water partition coefficient (Wildman–Crippen LogP) is -0.802. The summed E-state index contributed by atoms with van der Waals surface area (Å²) in [5, 5.41) is 6.36. The molecular formula is C5H6BNO3S2. The van der Waals surface area contributed by atoms with E-state index in [1.807, 2.05) is 0 Å². The van der Waals surface area contributed by atoms with Crippen molar-refractivity contribution >= 4 is 34.7 Å². The van der Waals surface area contributed by atoms with Crippen molar-refractivity contribution in [3.8, 4) is 5.75 Å². The third-order valence-corrected chi connectivity index (χ3v) is 3.66. The van der Waals surface area contributed by atoms with Gasteiger partial charge in [0.25, 0.3) is 10.0 Å². The molecule has 0 aromatic carbocycles. The summed E-state index contributed by atoms with van der Waals surface area (Å²) >= 11 is 0.945. The maximum absolute atomic E-state index is 10.9. The third-order valence-electron chi connectivity index (χ3n) is 1.20. The molecule has 0 saturated heterocycles. The molecule has 64 valence electrons. The van der Waals surface area contributed by atoms with Gasteiger partial charge in [0.2, 0.25) is 0 Å². The van der Waals surface area contributed by atoms with E-state index in [9.17, 15) is 8.42 Å². The highest BCUT2D eigenvalue weighted by atomic mass is 32.2. The van der Waals surface area contributed by atoms with Crippen molar-refractivity contribution in [2.24, 2.45) is 5.14 Å². The van der Waals surface area contributed by atoms with E-state index in [1.165, 1.54) is 12.5 Å². The van der Waals surface area contributed by atoms with Gasteiger partial charge in [-0.15, -0.1) is 11.3 Å². The van der Waals surface area contributed by atoms with E-state index in [0.29, 0.717) is 0 Å².